The SMILES string of the molecule is COC(=O)C1CC23CCC[N+]4([O-])CCC5(c6ccccc6NC15CC2)C34. The Morgan fingerprint density at radius 2 is 2.08 bits per heavy atom. The molecule has 1 aromatic rings. The van der Waals surface area contributed by atoms with Crippen molar-refractivity contribution in [3.8, 4) is 0 Å². The van der Waals surface area contributed by atoms with Crippen molar-refractivity contribution >= 4 is 11.7 Å². The number of nitrogens with zero attached hydrogens (tertiary/aromatic N) is 1. The van der Waals surface area contributed by atoms with Crippen LogP contribution in [0.25, 0.3) is 0 Å². The lowest BCUT2D eigenvalue weighted by molar-refractivity contribution is -0.911. The van der Waals surface area contributed by atoms with E-state index in [1.54, 1.807) is 0 Å². The summed E-state index contributed by atoms with van der Waals surface area (Å²) in [5.41, 5.74) is 1.86. The molecule has 6 aliphatic rings. The summed E-state index contributed by atoms with van der Waals surface area (Å²) in [6.07, 6.45) is 5.82. The van der Waals surface area contributed by atoms with Crippen molar-refractivity contribution < 1.29 is 14.2 Å². The molecular weight excluding hydrogens is 328 g/mol. The van der Waals surface area contributed by atoms with Crippen molar-refractivity contribution in [2.45, 2.75) is 55.5 Å². The number of rotatable bonds is 1. The average Bonchev–Trinajstić information content (AvgIpc) is 3.15. The van der Waals surface area contributed by atoms with Gasteiger partial charge in [-0.1, -0.05) is 18.2 Å². The molecule has 3 saturated carbocycles. The summed E-state index contributed by atoms with van der Waals surface area (Å²) < 4.78 is 5.25. The average molecular weight is 354 g/mol. The molecule has 0 radical (unpaired) electrons. The van der Waals surface area contributed by atoms with Crippen LogP contribution in [-0.2, 0) is 14.9 Å². The highest BCUT2D eigenvalue weighted by Crippen LogP contribution is 2.75. The fraction of sp³-hybridized carbons (Fsp3) is 0.667. The number of carbonyl (C=O) groups is 1. The van der Waals surface area contributed by atoms with Crippen LogP contribution in [0.1, 0.15) is 44.1 Å². The van der Waals surface area contributed by atoms with Gasteiger partial charge in [0.25, 0.3) is 0 Å². The third-order valence-electron chi connectivity index (χ3n) is 8.88. The first-order valence-electron chi connectivity index (χ1n) is 10.0. The number of benzene rings is 1. The highest BCUT2D eigenvalue weighted by molar-refractivity contribution is 5.80. The zero-order valence-corrected chi connectivity index (χ0v) is 15.3. The van der Waals surface area contributed by atoms with Gasteiger partial charge in [0.15, 0.2) is 0 Å². The van der Waals surface area contributed by atoms with Gasteiger partial charge in [0.1, 0.15) is 6.04 Å². The van der Waals surface area contributed by atoms with Crippen LogP contribution in [0.15, 0.2) is 24.3 Å². The summed E-state index contributed by atoms with van der Waals surface area (Å²) >= 11 is 0. The first-order valence-corrected chi connectivity index (χ1v) is 10.0. The number of carbonyl (C=O) groups excluding carboxylic acids is 1. The third-order valence-corrected chi connectivity index (χ3v) is 8.88. The molecule has 26 heavy (non-hydrogen) atoms. The maximum Gasteiger partial charge on any atom is 0.311 e. The second-order valence-corrected chi connectivity index (χ2v) is 9.41. The molecule has 6 atom stereocenters. The number of esters is 1. The summed E-state index contributed by atoms with van der Waals surface area (Å²) in [5.74, 6) is -0.252. The number of anilines is 1. The topological polar surface area (TPSA) is 61.4 Å². The van der Waals surface area contributed by atoms with E-state index in [9.17, 15) is 10.0 Å². The quantitative estimate of drug-likeness (QED) is 0.478. The molecule has 5 heteroatoms. The minimum atomic E-state index is -0.349. The van der Waals surface area contributed by atoms with Crippen LogP contribution < -0.4 is 5.32 Å². The number of piperidine rings is 1. The Morgan fingerprint density at radius 1 is 1.23 bits per heavy atom. The van der Waals surface area contributed by atoms with E-state index in [0.29, 0.717) is 6.54 Å². The number of quaternary nitrogens is 1. The molecule has 7 rings (SSSR count). The van der Waals surface area contributed by atoms with E-state index in [2.05, 4.69) is 29.6 Å². The highest BCUT2D eigenvalue weighted by atomic mass is 16.6. The van der Waals surface area contributed by atoms with Crippen molar-refractivity contribution in [2.24, 2.45) is 11.3 Å². The Bertz CT molecular complexity index is 827. The van der Waals surface area contributed by atoms with Crippen LogP contribution in [0.3, 0.4) is 0 Å². The smallest absolute Gasteiger partial charge is 0.311 e. The van der Waals surface area contributed by atoms with E-state index in [1.165, 1.54) is 12.7 Å². The molecular formula is C21H26N2O3. The minimum absolute atomic E-state index is 0.00373. The van der Waals surface area contributed by atoms with E-state index in [4.69, 9.17) is 4.74 Å². The molecule has 0 amide bonds. The molecule has 5 fully saturated rings. The second-order valence-electron chi connectivity index (χ2n) is 9.41. The number of ether oxygens (including phenoxy) is 1. The van der Waals surface area contributed by atoms with Gasteiger partial charge in [-0.05, 0) is 43.7 Å². The Balaban J connectivity index is 1.67. The van der Waals surface area contributed by atoms with Crippen LogP contribution in [0.2, 0.25) is 0 Å². The number of hydrogen-bond donors (Lipinski definition) is 1. The third kappa shape index (κ3) is 1.38. The lowest BCUT2D eigenvalue weighted by atomic mass is 9.39. The summed E-state index contributed by atoms with van der Waals surface area (Å²) in [7, 11) is 1.51. The summed E-state index contributed by atoms with van der Waals surface area (Å²) in [5, 5.41) is 17.8. The zero-order chi connectivity index (χ0) is 17.8. The van der Waals surface area contributed by atoms with Crippen molar-refractivity contribution in [3.63, 3.8) is 0 Å². The molecule has 3 aliphatic carbocycles. The number of methoxy groups -OCH3 is 1. The highest BCUT2D eigenvalue weighted by Gasteiger charge is 2.82. The molecule has 5 nitrogen and oxygen atoms in total. The molecule has 3 spiro atoms. The fourth-order valence-corrected chi connectivity index (χ4v) is 8.34. The number of hydrogen-bond acceptors (Lipinski definition) is 4. The molecule has 0 aromatic heterocycles. The maximum absolute atomic E-state index is 14.0. The predicted octanol–water partition coefficient (Wildman–Crippen LogP) is 2.94. The van der Waals surface area contributed by atoms with Gasteiger partial charge >= 0.3 is 5.97 Å². The van der Waals surface area contributed by atoms with Gasteiger partial charge in [-0.2, -0.15) is 0 Å². The molecule has 138 valence electrons. The van der Waals surface area contributed by atoms with Gasteiger partial charge in [0.05, 0.1) is 37.1 Å². The van der Waals surface area contributed by atoms with E-state index in [-0.39, 0.29) is 38.9 Å². The second kappa shape index (κ2) is 4.45. The maximum atomic E-state index is 14.0. The molecule has 2 saturated heterocycles. The Labute approximate surface area is 153 Å². The van der Waals surface area contributed by atoms with Crippen LogP contribution in [0.4, 0.5) is 5.69 Å². The van der Waals surface area contributed by atoms with E-state index >= 15 is 0 Å². The summed E-state index contributed by atoms with van der Waals surface area (Å²) in [6.45, 7) is 1.44. The van der Waals surface area contributed by atoms with Gasteiger partial charge in [-0.25, -0.2) is 0 Å². The largest absolute Gasteiger partial charge is 0.633 e. The van der Waals surface area contributed by atoms with E-state index in [1.807, 2.05) is 0 Å². The Morgan fingerprint density at radius 3 is 2.92 bits per heavy atom. The normalized spacial score (nSPS) is 49.8. The summed E-state index contributed by atoms with van der Waals surface area (Å²) in [4.78, 5) is 12.9. The van der Waals surface area contributed by atoms with Gasteiger partial charge in [0, 0.05) is 17.5 Å². The molecule has 2 bridgehead atoms. The number of nitrogens with one attached hydrogen (secondary N) is 1. The summed E-state index contributed by atoms with van der Waals surface area (Å²) in [6, 6.07) is 8.59. The molecule has 3 aliphatic heterocycles. The van der Waals surface area contributed by atoms with Crippen LogP contribution >= 0.6 is 0 Å². The number of hydroxylamine groups is 3. The molecule has 1 N–H and O–H groups in total. The van der Waals surface area contributed by atoms with Crippen molar-refractivity contribution in [2.75, 3.05) is 25.5 Å². The number of para-hydroxylation sites is 1. The van der Waals surface area contributed by atoms with Crippen LogP contribution in [0, 0.1) is 16.5 Å². The van der Waals surface area contributed by atoms with Crippen molar-refractivity contribution in [1.82, 2.24) is 0 Å². The monoisotopic (exact) mass is 354 g/mol. The molecule has 1 aromatic carbocycles. The Kier molecular flexibility index (Phi) is 2.65. The van der Waals surface area contributed by atoms with Gasteiger partial charge in [-0.15, -0.1) is 0 Å². The lowest BCUT2D eigenvalue weighted by Crippen LogP contribution is -2.79. The lowest BCUT2D eigenvalue weighted by Gasteiger charge is -2.70. The van der Waals surface area contributed by atoms with Gasteiger partial charge in [-0.3, -0.25) is 4.79 Å². The first-order chi connectivity index (χ1) is 12.5. The van der Waals surface area contributed by atoms with Crippen molar-refractivity contribution in [3.05, 3.63) is 35.0 Å². The van der Waals surface area contributed by atoms with E-state index < -0.39 is 0 Å². The van der Waals surface area contributed by atoms with Crippen LogP contribution in [0.5, 0.6) is 0 Å². The molecule has 6 unspecified atom stereocenters. The first kappa shape index (κ1) is 15.5. The fourth-order valence-electron chi connectivity index (χ4n) is 8.34. The predicted molar refractivity (Wildman–Crippen MR) is 97.3 cm³/mol. The zero-order valence-electron chi connectivity index (χ0n) is 15.3. The van der Waals surface area contributed by atoms with Crippen LogP contribution in [-0.4, -0.2) is 42.4 Å². The molecule has 3 heterocycles. The standard InChI is InChI=1S/C21H26N2O3/c1-26-17(24)15-13-19-7-4-11-23(25)12-10-20(18(19)23)14-5-2-3-6-16(14)22-21(15,20)9-8-19/h2-3,5-6,15,18,22H,4,7-13H2,1H3. The van der Waals surface area contributed by atoms with Gasteiger partial charge < -0.3 is 19.9 Å². The van der Waals surface area contributed by atoms with Crippen molar-refractivity contribution in [1.29, 1.82) is 0 Å². The van der Waals surface area contributed by atoms with E-state index in [0.717, 1.165) is 50.8 Å². The number of fused-ring (bicyclic) bond motifs is 3. The minimum Gasteiger partial charge on any atom is -0.633 e. The Hall–Kier alpha value is -1.59. The van der Waals surface area contributed by atoms with Gasteiger partial charge in [0.2, 0.25) is 0 Å².